The lowest BCUT2D eigenvalue weighted by Crippen LogP contribution is -2.16. The van der Waals surface area contributed by atoms with E-state index in [2.05, 4.69) is 10.1 Å². The van der Waals surface area contributed by atoms with Gasteiger partial charge in [0.1, 0.15) is 0 Å². The molecule has 0 unspecified atom stereocenters. The molecule has 0 spiro atoms. The largest absolute Gasteiger partial charge is 0.465 e. The van der Waals surface area contributed by atoms with Gasteiger partial charge >= 0.3 is 5.97 Å². The maximum absolute atomic E-state index is 11.6. The first-order valence-corrected chi connectivity index (χ1v) is 5.68. The van der Waals surface area contributed by atoms with Gasteiger partial charge in [0.25, 0.3) is 0 Å². The first-order chi connectivity index (χ1) is 8.11. The second-order valence-electron chi connectivity index (χ2n) is 3.95. The lowest BCUT2D eigenvalue weighted by molar-refractivity contribution is -0.117. The summed E-state index contributed by atoms with van der Waals surface area (Å²) in [5, 5.41) is 3.17. The van der Waals surface area contributed by atoms with E-state index in [4.69, 9.17) is 11.6 Å². The molecule has 0 bridgehead atoms. The molecule has 4 nitrogen and oxygen atoms in total. The van der Waals surface area contributed by atoms with Gasteiger partial charge in [-0.1, -0.05) is 11.6 Å². The van der Waals surface area contributed by atoms with E-state index in [-0.39, 0.29) is 11.8 Å². The average molecular weight is 254 g/mol. The van der Waals surface area contributed by atoms with E-state index >= 15 is 0 Å². The van der Waals surface area contributed by atoms with Crippen LogP contribution in [-0.4, -0.2) is 19.0 Å². The van der Waals surface area contributed by atoms with E-state index in [9.17, 15) is 9.59 Å². The monoisotopic (exact) mass is 253 g/mol. The molecule has 1 fully saturated rings. The molecule has 90 valence electrons. The topological polar surface area (TPSA) is 55.4 Å². The molecule has 1 aromatic carbocycles. The summed E-state index contributed by atoms with van der Waals surface area (Å²) in [5.41, 5.74) is 0.715. The summed E-state index contributed by atoms with van der Waals surface area (Å²) >= 11 is 5.84. The highest BCUT2D eigenvalue weighted by Gasteiger charge is 2.30. The molecule has 1 saturated carbocycles. The standard InChI is InChI=1S/C12H12ClNO3/c1-17-12(16)9-5-4-8(13)6-10(9)14-11(15)7-2-3-7/h4-7H,2-3H2,1H3,(H,14,15). The molecule has 5 heteroatoms. The molecule has 1 aliphatic carbocycles. The number of amides is 1. The number of carbonyl (C=O) groups is 2. The molecular formula is C12H12ClNO3. The number of halogens is 1. The Morgan fingerprint density at radius 2 is 2.12 bits per heavy atom. The summed E-state index contributed by atoms with van der Waals surface area (Å²) in [5.74, 6) is -0.496. The highest BCUT2D eigenvalue weighted by molar-refractivity contribution is 6.31. The zero-order valence-corrected chi connectivity index (χ0v) is 10.1. The SMILES string of the molecule is COC(=O)c1ccc(Cl)cc1NC(=O)C1CC1. The minimum absolute atomic E-state index is 0.0690. The molecule has 0 radical (unpaired) electrons. The van der Waals surface area contributed by atoms with Gasteiger partial charge in [0.15, 0.2) is 0 Å². The molecule has 1 amide bonds. The Morgan fingerprint density at radius 3 is 2.71 bits per heavy atom. The smallest absolute Gasteiger partial charge is 0.339 e. The third-order valence-corrected chi connectivity index (χ3v) is 2.83. The Labute approximate surface area is 104 Å². The molecule has 17 heavy (non-hydrogen) atoms. The molecule has 0 atom stereocenters. The van der Waals surface area contributed by atoms with Crippen LogP contribution in [0.4, 0.5) is 5.69 Å². The Hall–Kier alpha value is -1.55. The molecular weight excluding hydrogens is 242 g/mol. The summed E-state index contributed by atoms with van der Waals surface area (Å²) in [6.45, 7) is 0. The van der Waals surface area contributed by atoms with Crippen LogP contribution in [0.25, 0.3) is 0 Å². The minimum Gasteiger partial charge on any atom is -0.465 e. The maximum atomic E-state index is 11.6. The van der Waals surface area contributed by atoms with Gasteiger partial charge in [-0.05, 0) is 31.0 Å². The van der Waals surface area contributed by atoms with Gasteiger partial charge in [-0.25, -0.2) is 4.79 Å². The van der Waals surface area contributed by atoms with Gasteiger partial charge in [-0.2, -0.15) is 0 Å². The summed E-state index contributed by atoms with van der Waals surface area (Å²) < 4.78 is 4.64. The van der Waals surface area contributed by atoms with Gasteiger partial charge in [-0.3, -0.25) is 4.79 Å². The van der Waals surface area contributed by atoms with Crippen LogP contribution in [0.2, 0.25) is 5.02 Å². The van der Waals surface area contributed by atoms with Crippen LogP contribution in [0.1, 0.15) is 23.2 Å². The van der Waals surface area contributed by atoms with Crippen LogP contribution < -0.4 is 5.32 Å². The first-order valence-electron chi connectivity index (χ1n) is 5.30. The quantitative estimate of drug-likeness (QED) is 0.842. The lowest BCUT2D eigenvalue weighted by atomic mass is 10.1. The van der Waals surface area contributed by atoms with Crippen molar-refractivity contribution in [1.29, 1.82) is 0 Å². The van der Waals surface area contributed by atoms with Gasteiger partial charge < -0.3 is 10.1 Å². The molecule has 0 heterocycles. The summed E-state index contributed by atoms with van der Waals surface area (Å²) in [6.07, 6.45) is 1.81. The Morgan fingerprint density at radius 1 is 1.41 bits per heavy atom. The summed E-state index contributed by atoms with van der Waals surface area (Å²) in [6, 6.07) is 4.67. The second kappa shape index (κ2) is 4.75. The Bertz CT molecular complexity index is 469. The third-order valence-electron chi connectivity index (χ3n) is 2.59. The minimum atomic E-state index is -0.493. The molecule has 0 aromatic heterocycles. The van der Waals surface area contributed by atoms with Gasteiger partial charge in [0.2, 0.25) is 5.91 Å². The normalized spacial score (nSPS) is 14.2. The number of hydrogen-bond acceptors (Lipinski definition) is 3. The zero-order valence-electron chi connectivity index (χ0n) is 9.33. The zero-order chi connectivity index (χ0) is 12.4. The number of esters is 1. The number of hydrogen-bond donors (Lipinski definition) is 1. The highest BCUT2D eigenvalue weighted by atomic mass is 35.5. The fourth-order valence-corrected chi connectivity index (χ4v) is 1.66. The number of nitrogens with one attached hydrogen (secondary N) is 1. The molecule has 1 N–H and O–H groups in total. The Kier molecular flexibility index (Phi) is 3.33. The van der Waals surface area contributed by atoms with E-state index in [1.165, 1.54) is 13.2 Å². The van der Waals surface area contributed by atoms with E-state index in [0.29, 0.717) is 16.3 Å². The van der Waals surface area contributed by atoms with Crippen LogP contribution in [0.3, 0.4) is 0 Å². The molecule has 1 aromatic rings. The highest BCUT2D eigenvalue weighted by Crippen LogP contribution is 2.31. The van der Waals surface area contributed by atoms with Crippen molar-refractivity contribution in [2.75, 3.05) is 12.4 Å². The van der Waals surface area contributed by atoms with Crippen LogP contribution in [-0.2, 0) is 9.53 Å². The van der Waals surface area contributed by atoms with Crippen molar-refractivity contribution in [3.8, 4) is 0 Å². The molecule has 0 aliphatic heterocycles. The van der Waals surface area contributed by atoms with Crippen LogP contribution in [0, 0.1) is 5.92 Å². The van der Waals surface area contributed by atoms with E-state index in [1.54, 1.807) is 12.1 Å². The predicted octanol–water partition coefficient (Wildman–Crippen LogP) is 2.48. The number of benzene rings is 1. The first kappa shape index (κ1) is 11.9. The summed E-state index contributed by atoms with van der Waals surface area (Å²) in [7, 11) is 1.30. The second-order valence-corrected chi connectivity index (χ2v) is 4.38. The van der Waals surface area contributed by atoms with Crippen LogP contribution >= 0.6 is 11.6 Å². The third kappa shape index (κ3) is 2.77. The van der Waals surface area contributed by atoms with Crippen molar-refractivity contribution < 1.29 is 14.3 Å². The number of ether oxygens (including phenoxy) is 1. The van der Waals surface area contributed by atoms with E-state index in [0.717, 1.165) is 12.8 Å². The van der Waals surface area contributed by atoms with Crippen molar-refractivity contribution in [3.05, 3.63) is 28.8 Å². The van der Waals surface area contributed by atoms with Gasteiger partial charge in [-0.15, -0.1) is 0 Å². The number of rotatable bonds is 3. The van der Waals surface area contributed by atoms with Crippen molar-refractivity contribution in [3.63, 3.8) is 0 Å². The van der Waals surface area contributed by atoms with Crippen molar-refractivity contribution in [1.82, 2.24) is 0 Å². The van der Waals surface area contributed by atoms with Crippen molar-refractivity contribution in [2.24, 2.45) is 5.92 Å². The molecule has 1 aliphatic rings. The van der Waals surface area contributed by atoms with Gasteiger partial charge in [0.05, 0.1) is 18.4 Å². The average Bonchev–Trinajstić information content (AvgIpc) is 3.12. The fourth-order valence-electron chi connectivity index (χ4n) is 1.49. The van der Waals surface area contributed by atoms with Crippen LogP contribution in [0.5, 0.6) is 0 Å². The number of methoxy groups -OCH3 is 1. The molecule has 0 saturated heterocycles. The number of carbonyl (C=O) groups excluding carboxylic acids is 2. The Balaban J connectivity index is 2.25. The summed E-state index contributed by atoms with van der Waals surface area (Å²) in [4.78, 5) is 23.1. The maximum Gasteiger partial charge on any atom is 0.339 e. The van der Waals surface area contributed by atoms with E-state index < -0.39 is 5.97 Å². The molecule has 2 rings (SSSR count). The number of anilines is 1. The van der Waals surface area contributed by atoms with Crippen molar-refractivity contribution in [2.45, 2.75) is 12.8 Å². The fraction of sp³-hybridized carbons (Fsp3) is 0.333. The van der Waals surface area contributed by atoms with Gasteiger partial charge in [0, 0.05) is 10.9 Å². The van der Waals surface area contributed by atoms with E-state index in [1.807, 2.05) is 0 Å². The van der Waals surface area contributed by atoms with Crippen LogP contribution in [0.15, 0.2) is 18.2 Å². The van der Waals surface area contributed by atoms with Crippen molar-refractivity contribution >= 4 is 29.2 Å². The predicted molar refractivity (Wildman–Crippen MR) is 64.1 cm³/mol. The lowest BCUT2D eigenvalue weighted by Gasteiger charge is -2.09.